The van der Waals surface area contributed by atoms with E-state index in [1.54, 1.807) is 4.90 Å². The number of nitrogens with zero attached hydrogens (tertiary/aromatic N) is 4. The number of amides is 1. The van der Waals surface area contributed by atoms with Crippen molar-refractivity contribution in [2.24, 2.45) is 0 Å². The van der Waals surface area contributed by atoms with Gasteiger partial charge in [-0.25, -0.2) is 9.78 Å². The minimum Gasteiger partial charge on any atom is -0.323 e. The van der Waals surface area contributed by atoms with E-state index in [2.05, 4.69) is 10.1 Å². The molecule has 0 radical (unpaired) electrons. The second kappa shape index (κ2) is 10.1. The smallest absolute Gasteiger partial charge is 0.323 e. The highest BCUT2D eigenvalue weighted by atomic mass is 35.5. The monoisotopic (exact) mass is 364 g/mol. The minimum absolute atomic E-state index is 0.142. The van der Waals surface area contributed by atoms with Gasteiger partial charge in [-0.2, -0.15) is 4.68 Å². The summed E-state index contributed by atoms with van der Waals surface area (Å²) in [6, 6.07) is -0.142. The van der Waals surface area contributed by atoms with E-state index in [9.17, 15) is 4.79 Å². The Morgan fingerprint density at radius 2 is 1.86 bits per heavy atom. The fraction of sp³-hybridized carbons (Fsp3) is 0.643. The van der Waals surface area contributed by atoms with E-state index in [0.717, 1.165) is 25.9 Å². The van der Waals surface area contributed by atoms with Crippen LogP contribution >= 0.6 is 35.0 Å². The first-order valence-corrected chi connectivity index (χ1v) is 9.14. The molecule has 22 heavy (non-hydrogen) atoms. The van der Waals surface area contributed by atoms with E-state index >= 15 is 0 Å². The van der Waals surface area contributed by atoms with Crippen LogP contribution in [0.2, 0.25) is 0 Å². The Kier molecular flexibility index (Phi) is 8.90. The van der Waals surface area contributed by atoms with E-state index in [1.807, 2.05) is 20.8 Å². The third kappa shape index (κ3) is 5.82. The topological polar surface area (TPSA) is 51.0 Å². The van der Waals surface area contributed by atoms with Gasteiger partial charge in [0.25, 0.3) is 0 Å². The van der Waals surface area contributed by atoms with E-state index in [-0.39, 0.29) is 6.03 Å². The summed E-state index contributed by atoms with van der Waals surface area (Å²) >= 11 is 13.4. The average Bonchev–Trinajstić information content (AvgIpc) is 2.99. The Hall–Kier alpha value is -0.720. The lowest BCUT2D eigenvalue weighted by atomic mass is 10.4. The molecule has 5 nitrogen and oxygen atoms in total. The van der Waals surface area contributed by atoms with Crippen molar-refractivity contribution in [3.63, 3.8) is 0 Å². The van der Waals surface area contributed by atoms with Crippen molar-refractivity contribution in [1.29, 1.82) is 0 Å². The lowest BCUT2D eigenvalue weighted by Gasteiger charge is -2.20. The third-order valence-corrected chi connectivity index (χ3v) is 4.85. The molecular weight excluding hydrogens is 343 g/mol. The zero-order valence-electron chi connectivity index (χ0n) is 13.2. The van der Waals surface area contributed by atoms with Crippen LogP contribution in [0.5, 0.6) is 0 Å². The number of carbonyl (C=O) groups excluding carboxylic acids is 1. The van der Waals surface area contributed by atoms with Gasteiger partial charge in [-0.05, 0) is 19.3 Å². The van der Waals surface area contributed by atoms with Gasteiger partial charge in [-0.15, -0.1) is 5.10 Å². The van der Waals surface area contributed by atoms with Crippen molar-refractivity contribution >= 4 is 41.0 Å². The molecule has 1 heterocycles. The first kappa shape index (κ1) is 19.3. The second-order valence-electron chi connectivity index (χ2n) is 4.69. The molecule has 0 saturated carbocycles. The largest absolute Gasteiger partial charge is 0.346 e. The standard InChI is InChI=1S/C14H22Cl2N4OS/c1-4-7-19(8-5-2)14(21)20-10-17-13(18-20)22-9-12(16)11(15)6-3/h10H,4-9H2,1-3H3. The molecule has 0 saturated heterocycles. The van der Waals surface area contributed by atoms with E-state index in [1.165, 1.54) is 22.8 Å². The molecule has 0 aliphatic carbocycles. The summed E-state index contributed by atoms with van der Waals surface area (Å²) in [6.07, 6.45) is 3.97. The maximum Gasteiger partial charge on any atom is 0.346 e. The molecule has 0 N–H and O–H groups in total. The van der Waals surface area contributed by atoms with Crippen LogP contribution in [0.1, 0.15) is 40.0 Å². The Morgan fingerprint density at radius 1 is 1.23 bits per heavy atom. The molecule has 0 aromatic carbocycles. The second-order valence-corrected chi connectivity index (χ2v) is 6.55. The molecule has 8 heteroatoms. The van der Waals surface area contributed by atoms with Crippen LogP contribution in [-0.2, 0) is 0 Å². The molecule has 0 bridgehead atoms. The van der Waals surface area contributed by atoms with E-state index in [4.69, 9.17) is 23.2 Å². The van der Waals surface area contributed by atoms with Crippen LogP contribution in [0.3, 0.4) is 0 Å². The van der Waals surface area contributed by atoms with Gasteiger partial charge in [0.1, 0.15) is 6.33 Å². The van der Waals surface area contributed by atoms with Crippen molar-refractivity contribution in [1.82, 2.24) is 19.7 Å². The number of aromatic nitrogens is 3. The molecule has 1 amide bonds. The van der Waals surface area contributed by atoms with Gasteiger partial charge in [-0.1, -0.05) is 55.7 Å². The van der Waals surface area contributed by atoms with Crippen molar-refractivity contribution in [3.05, 3.63) is 16.4 Å². The molecule has 0 unspecified atom stereocenters. The number of allylic oxidation sites excluding steroid dienone is 1. The maximum atomic E-state index is 12.4. The van der Waals surface area contributed by atoms with E-state index in [0.29, 0.717) is 27.4 Å². The summed E-state index contributed by atoms with van der Waals surface area (Å²) in [5.41, 5.74) is 0. The molecule has 0 aliphatic heterocycles. The van der Waals surface area contributed by atoms with Crippen LogP contribution < -0.4 is 0 Å². The number of thioether (sulfide) groups is 1. The Morgan fingerprint density at radius 3 is 2.41 bits per heavy atom. The summed E-state index contributed by atoms with van der Waals surface area (Å²) in [6.45, 7) is 7.47. The molecule has 1 aromatic rings. The fourth-order valence-electron chi connectivity index (χ4n) is 1.79. The Balaban J connectivity index is 2.68. The maximum absolute atomic E-state index is 12.4. The quantitative estimate of drug-likeness (QED) is 0.634. The predicted molar refractivity (Wildman–Crippen MR) is 92.7 cm³/mol. The predicted octanol–water partition coefficient (Wildman–Crippen LogP) is 4.56. The van der Waals surface area contributed by atoms with Crippen molar-refractivity contribution in [2.45, 2.75) is 45.2 Å². The third-order valence-electron chi connectivity index (χ3n) is 2.86. The summed E-state index contributed by atoms with van der Waals surface area (Å²) in [5, 5.41) is 5.95. The minimum atomic E-state index is -0.142. The summed E-state index contributed by atoms with van der Waals surface area (Å²) in [7, 11) is 0. The lowest BCUT2D eigenvalue weighted by Crippen LogP contribution is -2.36. The normalized spacial score (nSPS) is 12.2. The van der Waals surface area contributed by atoms with Crippen molar-refractivity contribution in [3.8, 4) is 0 Å². The molecule has 0 fully saturated rings. The highest BCUT2D eigenvalue weighted by Crippen LogP contribution is 2.24. The van der Waals surface area contributed by atoms with Gasteiger partial charge < -0.3 is 4.90 Å². The van der Waals surface area contributed by atoms with Crippen LogP contribution in [0.4, 0.5) is 4.79 Å². The Bertz CT molecular complexity index is 513. The van der Waals surface area contributed by atoms with Crippen LogP contribution in [-0.4, -0.2) is 44.5 Å². The lowest BCUT2D eigenvalue weighted by molar-refractivity contribution is 0.196. The van der Waals surface area contributed by atoms with Gasteiger partial charge >= 0.3 is 6.03 Å². The van der Waals surface area contributed by atoms with Gasteiger partial charge in [0, 0.05) is 28.9 Å². The SMILES string of the molecule is CCCN(CCC)C(=O)n1cnc(SCC(Cl)=C(Cl)CC)n1. The van der Waals surface area contributed by atoms with Crippen molar-refractivity contribution < 1.29 is 4.79 Å². The first-order valence-electron chi connectivity index (χ1n) is 7.40. The average molecular weight is 365 g/mol. The van der Waals surface area contributed by atoms with Gasteiger partial charge in [-0.3, -0.25) is 0 Å². The molecular formula is C14H22Cl2N4OS. The zero-order valence-corrected chi connectivity index (χ0v) is 15.5. The zero-order chi connectivity index (χ0) is 16.5. The number of hydrogen-bond donors (Lipinski definition) is 0. The molecule has 0 aliphatic rings. The highest BCUT2D eigenvalue weighted by molar-refractivity contribution is 7.99. The number of carbonyl (C=O) groups is 1. The highest BCUT2D eigenvalue weighted by Gasteiger charge is 2.16. The van der Waals surface area contributed by atoms with Crippen LogP contribution in [0.25, 0.3) is 0 Å². The first-order chi connectivity index (χ1) is 10.5. The molecule has 1 aromatic heterocycles. The van der Waals surface area contributed by atoms with Crippen LogP contribution in [0, 0.1) is 0 Å². The van der Waals surface area contributed by atoms with Gasteiger partial charge in [0.2, 0.25) is 5.16 Å². The number of rotatable bonds is 8. The Labute approximate surface area is 146 Å². The molecule has 0 spiro atoms. The fourth-order valence-corrected chi connectivity index (χ4v) is 2.93. The number of hydrogen-bond acceptors (Lipinski definition) is 4. The van der Waals surface area contributed by atoms with Crippen LogP contribution in [0.15, 0.2) is 21.5 Å². The summed E-state index contributed by atoms with van der Waals surface area (Å²) in [4.78, 5) is 18.3. The molecule has 1 rings (SSSR count). The molecule has 0 atom stereocenters. The van der Waals surface area contributed by atoms with Crippen molar-refractivity contribution in [2.75, 3.05) is 18.8 Å². The molecule has 124 valence electrons. The van der Waals surface area contributed by atoms with Gasteiger partial charge in [0.05, 0.1) is 0 Å². The number of halogens is 2. The van der Waals surface area contributed by atoms with Gasteiger partial charge in [0.15, 0.2) is 0 Å². The van der Waals surface area contributed by atoms with E-state index < -0.39 is 0 Å². The summed E-state index contributed by atoms with van der Waals surface area (Å²) in [5.74, 6) is 0.500. The summed E-state index contributed by atoms with van der Waals surface area (Å²) < 4.78 is 1.28.